The van der Waals surface area contributed by atoms with Crippen LogP contribution in [0.5, 0.6) is 0 Å². The Kier molecular flexibility index (Phi) is 3.35. The molecule has 16 heavy (non-hydrogen) atoms. The summed E-state index contributed by atoms with van der Waals surface area (Å²) < 4.78 is 0. The number of carboxylic acid groups (broad SMARTS) is 1. The van der Waals surface area contributed by atoms with Gasteiger partial charge in [0.05, 0.1) is 5.92 Å². The number of aromatic nitrogens is 1. The molecule has 6 heteroatoms. The summed E-state index contributed by atoms with van der Waals surface area (Å²) >= 11 is 7.29. The highest BCUT2D eigenvalue weighted by Gasteiger charge is 2.30. The largest absolute Gasteiger partial charge is 0.481 e. The summed E-state index contributed by atoms with van der Waals surface area (Å²) in [5.41, 5.74) is 0. The maximum absolute atomic E-state index is 10.9. The minimum atomic E-state index is -0.691. The van der Waals surface area contributed by atoms with E-state index in [1.165, 1.54) is 11.3 Å². The molecule has 2 atom stereocenters. The van der Waals surface area contributed by atoms with Gasteiger partial charge in [-0.3, -0.25) is 4.79 Å². The molecule has 2 heterocycles. The van der Waals surface area contributed by atoms with Crippen LogP contribution >= 0.6 is 22.9 Å². The highest BCUT2D eigenvalue weighted by atomic mass is 35.5. The highest BCUT2D eigenvalue weighted by molar-refractivity contribution is 7.14. The third kappa shape index (κ3) is 2.30. The summed E-state index contributed by atoms with van der Waals surface area (Å²) in [5.74, 6) is -0.912. The molecule has 1 aliphatic rings. The van der Waals surface area contributed by atoms with Crippen LogP contribution < -0.4 is 4.90 Å². The normalized spacial score (nSPS) is 25.8. The predicted molar refractivity (Wildman–Crippen MR) is 64.3 cm³/mol. The van der Waals surface area contributed by atoms with Crippen molar-refractivity contribution in [1.82, 2.24) is 4.98 Å². The van der Waals surface area contributed by atoms with Crippen LogP contribution in [0.4, 0.5) is 5.13 Å². The van der Waals surface area contributed by atoms with Crippen LogP contribution in [0.1, 0.15) is 19.8 Å². The average Bonchev–Trinajstić information content (AvgIpc) is 2.64. The minimum absolute atomic E-state index is 0.206. The van der Waals surface area contributed by atoms with Crippen molar-refractivity contribution in [3.8, 4) is 0 Å². The maximum Gasteiger partial charge on any atom is 0.306 e. The van der Waals surface area contributed by atoms with E-state index in [1.807, 2.05) is 6.92 Å². The molecule has 2 unspecified atom stereocenters. The van der Waals surface area contributed by atoms with Gasteiger partial charge >= 0.3 is 5.97 Å². The number of nitrogens with zero attached hydrogens (tertiary/aromatic N) is 2. The van der Waals surface area contributed by atoms with Crippen LogP contribution in [0.3, 0.4) is 0 Å². The third-order valence-corrected chi connectivity index (χ3v) is 4.14. The Morgan fingerprint density at radius 3 is 3.00 bits per heavy atom. The van der Waals surface area contributed by atoms with Crippen molar-refractivity contribution in [3.05, 3.63) is 10.5 Å². The fourth-order valence-electron chi connectivity index (χ4n) is 2.06. The lowest BCUT2D eigenvalue weighted by molar-refractivity contribution is -0.142. The number of rotatable bonds is 2. The summed E-state index contributed by atoms with van der Waals surface area (Å²) in [6.07, 6.45) is 1.35. The van der Waals surface area contributed by atoms with Crippen molar-refractivity contribution in [2.75, 3.05) is 11.4 Å². The first-order chi connectivity index (χ1) is 7.58. The van der Waals surface area contributed by atoms with Gasteiger partial charge in [0.1, 0.15) is 5.15 Å². The number of halogens is 1. The SMILES string of the molecule is CC1CC(C(=O)O)CCN1c1nc(Cl)cs1. The van der Waals surface area contributed by atoms with Crippen LogP contribution in [-0.2, 0) is 4.79 Å². The van der Waals surface area contributed by atoms with Gasteiger partial charge in [-0.15, -0.1) is 11.3 Å². The zero-order chi connectivity index (χ0) is 11.7. The van der Waals surface area contributed by atoms with E-state index in [4.69, 9.17) is 16.7 Å². The van der Waals surface area contributed by atoms with Crippen molar-refractivity contribution in [3.63, 3.8) is 0 Å². The van der Waals surface area contributed by atoms with E-state index < -0.39 is 5.97 Å². The van der Waals surface area contributed by atoms with Gasteiger partial charge in [-0.2, -0.15) is 0 Å². The van der Waals surface area contributed by atoms with Gasteiger partial charge in [-0.1, -0.05) is 11.6 Å². The molecule has 4 nitrogen and oxygen atoms in total. The summed E-state index contributed by atoms with van der Waals surface area (Å²) in [5, 5.41) is 12.2. The van der Waals surface area contributed by atoms with Gasteiger partial charge in [-0.25, -0.2) is 4.98 Å². The number of hydrogen-bond donors (Lipinski definition) is 1. The van der Waals surface area contributed by atoms with Gasteiger partial charge < -0.3 is 10.0 Å². The minimum Gasteiger partial charge on any atom is -0.481 e. The number of thiazole rings is 1. The molecule has 0 aromatic carbocycles. The Hall–Kier alpha value is -0.810. The summed E-state index contributed by atoms with van der Waals surface area (Å²) in [4.78, 5) is 17.2. The summed E-state index contributed by atoms with van der Waals surface area (Å²) in [6.45, 7) is 2.77. The molecule has 1 saturated heterocycles. The monoisotopic (exact) mass is 260 g/mol. The standard InChI is InChI=1S/C10H13ClN2O2S/c1-6-4-7(9(14)15)2-3-13(6)10-12-8(11)5-16-10/h5-7H,2-4H2,1H3,(H,14,15). The molecule has 0 bridgehead atoms. The second-order valence-electron chi connectivity index (χ2n) is 4.05. The third-order valence-electron chi connectivity index (χ3n) is 2.94. The van der Waals surface area contributed by atoms with Crippen LogP contribution in [-0.4, -0.2) is 28.6 Å². The number of anilines is 1. The molecule has 2 rings (SSSR count). The average molecular weight is 261 g/mol. The maximum atomic E-state index is 10.9. The first kappa shape index (κ1) is 11.7. The van der Waals surface area contributed by atoms with E-state index in [0.717, 1.165) is 11.7 Å². The van der Waals surface area contributed by atoms with Gasteiger partial charge in [0.2, 0.25) is 0 Å². The van der Waals surface area contributed by atoms with Crippen molar-refractivity contribution >= 4 is 34.0 Å². The first-order valence-electron chi connectivity index (χ1n) is 5.18. The summed E-state index contributed by atoms with van der Waals surface area (Å²) in [6, 6.07) is 0.206. The van der Waals surface area contributed by atoms with E-state index in [-0.39, 0.29) is 12.0 Å². The first-order valence-corrected chi connectivity index (χ1v) is 6.44. The molecule has 0 spiro atoms. The topological polar surface area (TPSA) is 53.4 Å². The molecular weight excluding hydrogens is 248 g/mol. The van der Waals surface area contributed by atoms with Crippen molar-refractivity contribution in [2.45, 2.75) is 25.8 Å². The Labute approximate surface area is 103 Å². The molecular formula is C10H13ClN2O2S. The quantitative estimate of drug-likeness (QED) is 0.888. The highest BCUT2D eigenvalue weighted by Crippen LogP contribution is 2.31. The molecule has 0 aliphatic carbocycles. The van der Waals surface area contributed by atoms with E-state index >= 15 is 0 Å². The van der Waals surface area contributed by atoms with Crippen LogP contribution in [0, 0.1) is 5.92 Å². The Morgan fingerprint density at radius 1 is 1.75 bits per heavy atom. The summed E-state index contributed by atoms with van der Waals surface area (Å²) in [7, 11) is 0. The van der Waals surface area contributed by atoms with Gasteiger partial charge in [0.15, 0.2) is 5.13 Å². The fraction of sp³-hybridized carbons (Fsp3) is 0.600. The lowest BCUT2D eigenvalue weighted by atomic mass is 9.92. The van der Waals surface area contributed by atoms with E-state index in [2.05, 4.69) is 9.88 Å². The molecule has 1 aliphatic heterocycles. The Bertz CT molecular complexity index is 396. The molecule has 1 N–H and O–H groups in total. The Balaban J connectivity index is 2.07. The number of carbonyl (C=O) groups is 1. The molecule has 0 amide bonds. The van der Waals surface area contributed by atoms with E-state index in [1.54, 1.807) is 5.38 Å². The second-order valence-corrected chi connectivity index (χ2v) is 5.28. The number of piperidine rings is 1. The van der Waals surface area contributed by atoms with Crippen LogP contribution in [0.25, 0.3) is 0 Å². The number of hydrogen-bond acceptors (Lipinski definition) is 4. The zero-order valence-corrected chi connectivity index (χ0v) is 10.5. The van der Waals surface area contributed by atoms with Gasteiger partial charge in [-0.05, 0) is 19.8 Å². The molecule has 1 fully saturated rings. The van der Waals surface area contributed by atoms with Crippen molar-refractivity contribution in [1.29, 1.82) is 0 Å². The van der Waals surface area contributed by atoms with Crippen molar-refractivity contribution in [2.24, 2.45) is 5.92 Å². The second kappa shape index (κ2) is 4.59. The van der Waals surface area contributed by atoms with Crippen LogP contribution in [0.15, 0.2) is 5.38 Å². The van der Waals surface area contributed by atoms with E-state index in [9.17, 15) is 4.79 Å². The lowest BCUT2D eigenvalue weighted by Crippen LogP contribution is -2.42. The van der Waals surface area contributed by atoms with Gasteiger partial charge in [0.25, 0.3) is 0 Å². The van der Waals surface area contributed by atoms with Gasteiger partial charge in [0, 0.05) is 18.0 Å². The predicted octanol–water partition coefficient (Wildman–Crippen LogP) is 2.49. The fourth-order valence-corrected chi connectivity index (χ4v) is 3.13. The van der Waals surface area contributed by atoms with Crippen molar-refractivity contribution < 1.29 is 9.90 Å². The van der Waals surface area contributed by atoms with Crippen LogP contribution in [0.2, 0.25) is 5.15 Å². The van der Waals surface area contributed by atoms with E-state index in [0.29, 0.717) is 18.0 Å². The molecule has 1 aromatic rings. The molecule has 88 valence electrons. The Morgan fingerprint density at radius 2 is 2.50 bits per heavy atom. The molecule has 1 aromatic heterocycles. The number of carboxylic acids is 1. The zero-order valence-electron chi connectivity index (χ0n) is 8.89. The molecule has 0 saturated carbocycles. The number of aliphatic carboxylic acids is 1. The lowest BCUT2D eigenvalue weighted by Gasteiger charge is -2.35. The smallest absolute Gasteiger partial charge is 0.306 e. The molecule has 0 radical (unpaired) electrons.